The van der Waals surface area contributed by atoms with E-state index >= 15 is 0 Å². The number of aromatic nitrogens is 1. The number of benzene rings is 1. The number of hydrogen-bond donors (Lipinski definition) is 1. The molecule has 1 aromatic heterocycles. The third-order valence-electron chi connectivity index (χ3n) is 5.62. The van der Waals surface area contributed by atoms with Crippen LogP contribution in [0.2, 0.25) is 5.02 Å². The second-order valence-corrected chi connectivity index (χ2v) is 7.72. The van der Waals surface area contributed by atoms with E-state index in [4.69, 9.17) is 11.6 Å². The van der Waals surface area contributed by atoms with Gasteiger partial charge in [-0.1, -0.05) is 24.6 Å². The summed E-state index contributed by atoms with van der Waals surface area (Å²) in [6.07, 6.45) is 7.00. The molecular formula is C22H28ClN3O. The molecule has 2 heterocycles. The van der Waals surface area contributed by atoms with Crippen LogP contribution >= 0.6 is 11.6 Å². The molecule has 0 saturated heterocycles. The van der Waals surface area contributed by atoms with Crippen molar-refractivity contribution < 1.29 is 5.11 Å². The quantitative estimate of drug-likeness (QED) is 0.583. The minimum atomic E-state index is -0.974. The zero-order chi connectivity index (χ0) is 19.6. The standard InChI is InChI=1S/C22H28ClN3O/c1-5-16(9-11-24-3)22(27,6-2)15-26-20-8-7-17(23)13-18(20)19-14-25(4)12-10-21(19)26/h5,7-9,11,13,27H,3,6,10,12,14-15H2,1-2,4H3/b11-9-,16-5+. The molecular weight excluding hydrogens is 358 g/mol. The van der Waals surface area contributed by atoms with Gasteiger partial charge in [-0.25, -0.2) is 0 Å². The molecule has 4 nitrogen and oxygen atoms in total. The van der Waals surface area contributed by atoms with Crippen LogP contribution in [0.4, 0.5) is 0 Å². The second kappa shape index (κ2) is 8.01. The van der Waals surface area contributed by atoms with Crippen molar-refractivity contribution in [1.29, 1.82) is 0 Å². The number of likely N-dealkylation sites (N-methyl/N-ethyl adjacent to an activating group) is 1. The predicted octanol–water partition coefficient (Wildman–Crippen LogP) is 4.58. The van der Waals surface area contributed by atoms with Crippen molar-refractivity contribution in [3.63, 3.8) is 0 Å². The number of rotatable bonds is 6. The van der Waals surface area contributed by atoms with Gasteiger partial charge >= 0.3 is 0 Å². The van der Waals surface area contributed by atoms with Gasteiger partial charge in [0.15, 0.2) is 0 Å². The summed E-state index contributed by atoms with van der Waals surface area (Å²) >= 11 is 6.29. The molecule has 1 aliphatic heterocycles. The zero-order valence-electron chi connectivity index (χ0n) is 16.4. The van der Waals surface area contributed by atoms with E-state index in [1.54, 1.807) is 6.20 Å². The van der Waals surface area contributed by atoms with E-state index in [9.17, 15) is 5.11 Å². The van der Waals surface area contributed by atoms with Gasteiger partial charge in [0.2, 0.25) is 0 Å². The number of nitrogens with zero attached hydrogens (tertiary/aromatic N) is 3. The molecule has 3 rings (SSSR count). The monoisotopic (exact) mass is 385 g/mol. The predicted molar refractivity (Wildman–Crippen MR) is 115 cm³/mol. The maximum Gasteiger partial charge on any atom is 0.107 e. The SMILES string of the molecule is C=N/C=C\C(=C/C)C(O)(CC)Cn1c2c(c3cc(Cl)ccc31)CN(C)CC2. The summed E-state index contributed by atoms with van der Waals surface area (Å²) < 4.78 is 2.29. The van der Waals surface area contributed by atoms with Crippen molar-refractivity contribution >= 4 is 29.2 Å². The Balaban J connectivity index is 2.13. The highest BCUT2D eigenvalue weighted by Crippen LogP contribution is 2.35. The number of aliphatic hydroxyl groups is 1. The van der Waals surface area contributed by atoms with Crippen LogP contribution in [0.25, 0.3) is 10.9 Å². The lowest BCUT2D eigenvalue weighted by Gasteiger charge is -2.31. The lowest BCUT2D eigenvalue weighted by atomic mass is 9.90. The van der Waals surface area contributed by atoms with E-state index in [-0.39, 0.29) is 0 Å². The highest BCUT2D eigenvalue weighted by atomic mass is 35.5. The fourth-order valence-corrected chi connectivity index (χ4v) is 4.23. The summed E-state index contributed by atoms with van der Waals surface area (Å²) in [5.41, 5.74) is 3.64. The van der Waals surface area contributed by atoms with Gasteiger partial charge in [0, 0.05) is 47.3 Å². The summed E-state index contributed by atoms with van der Waals surface area (Å²) in [6, 6.07) is 6.05. The van der Waals surface area contributed by atoms with E-state index in [0.717, 1.165) is 35.6 Å². The Morgan fingerprint density at radius 3 is 2.89 bits per heavy atom. The molecule has 1 unspecified atom stereocenters. The molecule has 144 valence electrons. The van der Waals surface area contributed by atoms with Gasteiger partial charge in [-0.3, -0.25) is 4.99 Å². The van der Waals surface area contributed by atoms with Crippen molar-refractivity contribution in [3.8, 4) is 0 Å². The first-order valence-electron chi connectivity index (χ1n) is 9.43. The Bertz CT molecular complexity index is 912. The minimum Gasteiger partial charge on any atom is -0.383 e. The Hall–Kier alpha value is -1.88. The van der Waals surface area contributed by atoms with Gasteiger partial charge in [0.1, 0.15) is 5.60 Å². The summed E-state index contributed by atoms with van der Waals surface area (Å²) in [4.78, 5) is 6.13. The fourth-order valence-electron chi connectivity index (χ4n) is 4.06. The molecule has 1 atom stereocenters. The number of allylic oxidation sites excluding steroid dienone is 1. The van der Waals surface area contributed by atoms with Gasteiger partial charge in [-0.2, -0.15) is 0 Å². The fraction of sp³-hybridized carbons (Fsp3) is 0.409. The summed E-state index contributed by atoms with van der Waals surface area (Å²) in [5.74, 6) is 0. The number of fused-ring (bicyclic) bond motifs is 3. The Morgan fingerprint density at radius 1 is 1.44 bits per heavy atom. The van der Waals surface area contributed by atoms with Crippen LogP contribution in [0.3, 0.4) is 0 Å². The molecule has 1 aromatic carbocycles. The Morgan fingerprint density at radius 2 is 2.22 bits per heavy atom. The first-order valence-corrected chi connectivity index (χ1v) is 9.81. The lowest BCUT2D eigenvalue weighted by molar-refractivity contribution is 0.0592. The number of aliphatic imine (C=N–C) groups is 1. The molecule has 0 bridgehead atoms. The van der Waals surface area contributed by atoms with Crippen molar-refractivity contribution in [1.82, 2.24) is 9.47 Å². The van der Waals surface area contributed by atoms with Gasteiger partial charge in [0.25, 0.3) is 0 Å². The third kappa shape index (κ3) is 3.75. The number of hydrogen-bond acceptors (Lipinski definition) is 3. The van der Waals surface area contributed by atoms with Gasteiger partial charge in [-0.15, -0.1) is 0 Å². The summed E-state index contributed by atoms with van der Waals surface area (Å²) in [5, 5.41) is 13.4. The zero-order valence-corrected chi connectivity index (χ0v) is 17.1. The molecule has 1 aliphatic rings. The molecule has 0 fully saturated rings. The maximum absolute atomic E-state index is 11.5. The molecule has 2 aromatic rings. The van der Waals surface area contributed by atoms with Crippen LogP contribution in [0.15, 0.2) is 47.1 Å². The van der Waals surface area contributed by atoms with Gasteiger partial charge in [0.05, 0.1) is 6.54 Å². The van der Waals surface area contributed by atoms with E-state index in [1.807, 2.05) is 32.1 Å². The average Bonchev–Trinajstić information content (AvgIpc) is 2.94. The molecule has 1 N–H and O–H groups in total. The largest absolute Gasteiger partial charge is 0.383 e. The molecule has 0 spiro atoms. The minimum absolute atomic E-state index is 0.502. The smallest absolute Gasteiger partial charge is 0.107 e. The highest BCUT2D eigenvalue weighted by molar-refractivity contribution is 6.31. The van der Waals surface area contributed by atoms with Crippen molar-refractivity contribution in [2.24, 2.45) is 4.99 Å². The molecule has 0 saturated carbocycles. The van der Waals surface area contributed by atoms with Crippen LogP contribution in [0.1, 0.15) is 31.5 Å². The summed E-state index contributed by atoms with van der Waals surface area (Å²) in [7, 11) is 2.14. The first-order chi connectivity index (χ1) is 12.9. The van der Waals surface area contributed by atoms with E-state index in [2.05, 4.69) is 40.4 Å². The first kappa shape index (κ1) is 19.9. The molecule has 5 heteroatoms. The van der Waals surface area contributed by atoms with E-state index in [1.165, 1.54) is 16.6 Å². The van der Waals surface area contributed by atoms with Crippen LogP contribution in [-0.4, -0.2) is 40.5 Å². The van der Waals surface area contributed by atoms with Gasteiger partial charge in [-0.05, 0) is 62.5 Å². The Labute approximate surface area is 166 Å². The van der Waals surface area contributed by atoms with Crippen molar-refractivity contribution in [2.75, 3.05) is 13.6 Å². The third-order valence-corrected chi connectivity index (χ3v) is 5.85. The van der Waals surface area contributed by atoms with Crippen molar-refractivity contribution in [3.05, 3.63) is 58.4 Å². The van der Waals surface area contributed by atoms with E-state index < -0.39 is 5.60 Å². The highest BCUT2D eigenvalue weighted by Gasteiger charge is 2.32. The number of halogens is 1. The topological polar surface area (TPSA) is 40.8 Å². The molecule has 0 amide bonds. The maximum atomic E-state index is 11.5. The summed E-state index contributed by atoms with van der Waals surface area (Å²) in [6.45, 7) is 9.87. The average molecular weight is 386 g/mol. The van der Waals surface area contributed by atoms with E-state index in [0.29, 0.717) is 13.0 Å². The molecule has 0 radical (unpaired) electrons. The normalized spacial score (nSPS) is 18.0. The molecule has 0 aliphatic carbocycles. The second-order valence-electron chi connectivity index (χ2n) is 7.29. The molecule has 27 heavy (non-hydrogen) atoms. The van der Waals surface area contributed by atoms with Gasteiger partial charge < -0.3 is 14.6 Å². The lowest BCUT2D eigenvalue weighted by Crippen LogP contribution is -2.36. The van der Waals surface area contributed by atoms with Crippen LogP contribution in [-0.2, 0) is 19.5 Å². The van der Waals surface area contributed by atoms with Crippen LogP contribution in [0.5, 0.6) is 0 Å². The Kier molecular flexibility index (Phi) is 5.89. The van der Waals surface area contributed by atoms with Crippen LogP contribution < -0.4 is 0 Å². The van der Waals surface area contributed by atoms with Crippen LogP contribution in [0, 0.1) is 0 Å². The van der Waals surface area contributed by atoms with Crippen molar-refractivity contribution in [2.45, 2.75) is 45.4 Å².